The average Bonchev–Trinajstić information content (AvgIpc) is 2.46. The van der Waals surface area contributed by atoms with Crippen LogP contribution in [0, 0.1) is 0 Å². The fraction of sp³-hybridized carbons (Fsp3) is 0. The van der Waals surface area contributed by atoms with Crippen molar-refractivity contribution in [1.82, 2.24) is 4.98 Å². The lowest BCUT2D eigenvalue weighted by atomic mass is 10.1. The molecular weight excluding hydrogens is 269 g/mol. The van der Waals surface area contributed by atoms with Crippen molar-refractivity contribution in [2.75, 3.05) is 0 Å². The average molecular weight is 275 g/mol. The van der Waals surface area contributed by atoms with Crippen molar-refractivity contribution in [3.05, 3.63) is 33.4 Å². The molecule has 0 unspecified atom stereocenters. The summed E-state index contributed by atoms with van der Waals surface area (Å²) in [4.78, 5) is 13.8. The largest absolute Gasteiger partial charge is 0.478 e. The number of fused-ring (bicyclic) bond motifs is 1. The maximum absolute atomic E-state index is 10.9. The fourth-order valence-electron chi connectivity index (χ4n) is 1.36. The number of carbonyl (C=O) groups is 1. The second kappa shape index (κ2) is 3.29. The molecule has 0 bridgehead atoms. The number of rotatable bonds is 1. The Labute approximate surface area is 92.8 Å². The maximum Gasteiger partial charge on any atom is 0.336 e. The summed E-state index contributed by atoms with van der Waals surface area (Å²) in [5, 5.41) is 9.92. The molecule has 0 radical (unpaired) electrons. The van der Waals surface area contributed by atoms with Crippen molar-refractivity contribution in [3.8, 4) is 0 Å². The quantitative estimate of drug-likeness (QED) is 0.838. The molecule has 0 spiro atoms. The van der Waals surface area contributed by atoms with Crippen LogP contribution in [0.3, 0.4) is 0 Å². The van der Waals surface area contributed by atoms with Gasteiger partial charge in [0.25, 0.3) is 0 Å². The molecule has 0 saturated heterocycles. The van der Waals surface area contributed by atoms with E-state index >= 15 is 0 Å². The molecule has 0 aliphatic heterocycles. The Morgan fingerprint density at radius 2 is 2.21 bits per heavy atom. The standard InChI is InChI=1S/C9H5BrClNO2/c10-4-1-5(9(13)14)8-6(11)3-12-7(8)2-4/h1-3,12H,(H,13,14). The number of aromatic amines is 1. The van der Waals surface area contributed by atoms with E-state index in [0.717, 1.165) is 0 Å². The number of hydrogen-bond acceptors (Lipinski definition) is 1. The summed E-state index contributed by atoms with van der Waals surface area (Å²) in [5.74, 6) is -0.988. The lowest BCUT2D eigenvalue weighted by Crippen LogP contribution is -1.96. The third-order valence-electron chi connectivity index (χ3n) is 1.93. The van der Waals surface area contributed by atoms with E-state index in [-0.39, 0.29) is 5.56 Å². The summed E-state index contributed by atoms with van der Waals surface area (Å²) in [6.45, 7) is 0. The third-order valence-corrected chi connectivity index (χ3v) is 2.68. The molecular formula is C9H5BrClNO2. The Hall–Kier alpha value is -1.00. The number of aromatic carboxylic acids is 1. The molecule has 1 aromatic heterocycles. The minimum Gasteiger partial charge on any atom is -0.478 e. The van der Waals surface area contributed by atoms with Crippen LogP contribution in [-0.4, -0.2) is 16.1 Å². The highest BCUT2D eigenvalue weighted by atomic mass is 79.9. The molecule has 0 amide bonds. The molecule has 72 valence electrons. The Bertz CT molecular complexity index is 521. The van der Waals surface area contributed by atoms with Gasteiger partial charge < -0.3 is 10.1 Å². The molecule has 0 saturated carbocycles. The van der Waals surface area contributed by atoms with Crippen LogP contribution in [0.2, 0.25) is 5.02 Å². The second-order valence-corrected chi connectivity index (χ2v) is 4.14. The summed E-state index contributed by atoms with van der Waals surface area (Å²) in [7, 11) is 0. The highest BCUT2D eigenvalue weighted by Crippen LogP contribution is 2.29. The monoisotopic (exact) mass is 273 g/mol. The molecule has 0 aliphatic rings. The van der Waals surface area contributed by atoms with E-state index in [1.165, 1.54) is 6.07 Å². The van der Waals surface area contributed by atoms with Crippen molar-refractivity contribution in [3.63, 3.8) is 0 Å². The molecule has 1 aromatic carbocycles. The summed E-state index contributed by atoms with van der Waals surface area (Å²) in [6, 6.07) is 3.32. The van der Waals surface area contributed by atoms with Gasteiger partial charge in [-0.15, -0.1) is 0 Å². The van der Waals surface area contributed by atoms with Gasteiger partial charge in [-0.1, -0.05) is 27.5 Å². The number of benzene rings is 1. The summed E-state index contributed by atoms with van der Waals surface area (Å²) >= 11 is 9.10. The van der Waals surface area contributed by atoms with E-state index < -0.39 is 5.97 Å². The molecule has 0 atom stereocenters. The zero-order valence-corrected chi connectivity index (χ0v) is 9.19. The van der Waals surface area contributed by atoms with Crippen molar-refractivity contribution < 1.29 is 9.90 Å². The fourth-order valence-corrected chi connectivity index (χ4v) is 2.08. The smallest absolute Gasteiger partial charge is 0.336 e. The lowest BCUT2D eigenvalue weighted by Gasteiger charge is -1.99. The van der Waals surface area contributed by atoms with Gasteiger partial charge in [0, 0.05) is 21.6 Å². The van der Waals surface area contributed by atoms with Crippen LogP contribution in [0.25, 0.3) is 10.9 Å². The SMILES string of the molecule is O=C(O)c1cc(Br)cc2[nH]cc(Cl)c12. The van der Waals surface area contributed by atoms with Gasteiger partial charge >= 0.3 is 5.97 Å². The van der Waals surface area contributed by atoms with E-state index in [2.05, 4.69) is 20.9 Å². The highest BCUT2D eigenvalue weighted by molar-refractivity contribution is 9.10. The zero-order valence-electron chi connectivity index (χ0n) is 6.84. The number of aromatic nitrogens is 1. The van der Waals surface area contributed by atoms with Crippen molar-refractivity contribution >= 4 is 44.4 Å². The van der Waals surface area contributed by atoms with Crippen molar-refractivity contribution in [2.24, 2.45) is 0 Å². The summed E-state index contributed by atoms with van der Waals surface area (Å²) in [5.41, 5.74) is 0.905. The van der Waals surface area contributed by atoms with Crippen LogP contribution >= 0.6 is 27.5 Å². The van der Waals surface area contributed by atoms with E-state index in [4.69, 9.17) is 16.7 Å². The molecule has 2 N–H and O–H groups in total. The minimum absolute atomic E-state index is 0.195. The minimum atomic E-state index is -0.988. The van der Waals surface area contributed by atoms with Crippen LogP contribution in [0.4, 0.5) is 0 Å². The van der Waals surface area contributed by atoms with Gasteiger partial charge in [-0.2, -0.15) is 0 Å². The van der Waals surface area contributed by atoms with Gasteiger partial charge in [-0.05, 0) is 12.1 Å². The van der Waals surface area contributed by atoms with E-state index in [1.54, 1.807) is 12.3 Å². The molecule has 0 aliphatic carbocycles. The van der Waals surface area contributed by atoms with Gasteiger partial charge in [0.1, 0.15) is 0 Å². The number of halogens is 2. The third kappa shape index (κ3) is 1.40. The first-order valence-electron chi connectivity index (χ1n) is 3.79. The van der Waals surface area contributed by atoms with E-state index in [0.29, 0.717) is 20.4 Å². The van der Waals surface area contributed by atoms with Crippen molar-refractivity contribution in [2.45, 2.75) is 0 Å². The Morgan fingerprint density at radius 1 is 1.50 bits per heavy atom. The van der Waals surface area contributed by atoms with Crippen LogP contribution in [0.1, 0.15) is 10.4 Å². The van der Waals surface area contributed by atoms with Gasteiger partial charge in [0.2, 0.25) is 0 Å². The van der Waals surface area contributed by atoms with Gasteiger partial charge in [-0.3, -0.25) is 0 Å². The normalized spacial score (nSPS) is 10.7. The van der Waals surface area contributed by atoms with Gasteiger partial charge in [0.15, 0.2) is 0 Å². The van der Waals surface area contributed by atoms with Gasteiger partial charge in [-0.25, -0.2) is 4.79 Å². The molecule has 5 heteroatoms. The lowest BCUT2D eigenvalue weighted by molar-refractivity contribution is 0.0699. The van der Waals surface area contributed by atoms with Crippen LogP contribution in [0.5, 0.6) is 0 Å². The molecule has 1 heterocycles. The first-order chi connectivity index (χ1) is 6.59. The number of hydrogen-bond donors (Lipinski definition) is 2. The van der Waals surface area contributed by atoms with Crippen LogP contribution in [0.15, 0.2) is 22.8 Å². The molecule has 3 nitrogen and oxygen atoms in total. The number of carboxylic acid groups (broad SMARTS) is 1. The predicted octanol–water partition coefficient (Wildman–Crippen LogP) is 3.28. The predicted molar refractivity (Wildman–Crippen MR) is 58.0 cm³/mol. The molecule has 2 aromatic rings. The second-order valence-electron chi connectivity index (χ2n) is 2.82. The summed E-state index contributed by atoms with van der Waals surface area (Å²) < 4.78 is 0.709. The van der Waals surface area contributed by atoms with E-state index in [9.17, 15) is 4.79 Å². The zero-order chi connectivity index (χ0) is 10.3. The van der Waals surface area contributed by atoms with Crippen molar-refractivity contribution in [1.29, 1.82) is 0 Å². The molecule has 0 fully saturated rings. The number of carboxylic acids is 1. The Kier molecular flexibility index (Phi) is 2.25. The topological polar surface area (TPSA) is 53.1 Å². The number of nitrogens with one attached hydrogen (secondary N) is 1. The van der Waals surface area contributed by atoms with Gasteiger partial charge in [0.05, 0.1) is 10.6 Å². The first kappa shape index (κ1) is 9.55. The van der Waals surface area contributed by atoms with Crippen LogP contribution < -0.4 is 0 Å². The number of H-pyrrole nitrogens is 1. The van der Waals surface area contributed by atoms with Crippen LogP contribution in [-0.2, 0) is 0 Å². The molecule has 14 heavy (non-hydrogen) atoms. The van der Waals surface area contributed by atoms with E-state index in [1.807, 2.05) is 0 Å². The Morgan fingerprint density at radius 3 is 2.86 bits per heavy atom. The Balaban J connectivity index is 2.90. The first-order valence-corrected chi connectivity index (χ1v) is 4.96. The summed E-state index contributed by atoms with van der Waals surface area (Å²) in [6.07, 6.45) is 1.57. The molecule has 2 rings (SSSR count). The highest BCUT2D eigenvalue weighted by Gasteiger charge is 2.13. The maximum atomic E-state index is 10.9.